The summed E-state index contributed by atoms with van der Waals surface area (Å²) in [5.74, 6) is 0.867. The molecular formula is C11H16N4O. The molecule has 86 valence electrons. The highest BCUT2D eigenvalue weighted by Gasteiger charge is 2.15. The Hall–Kier alpha value is -1.62. The SMILES string of the molecule is Cc1cc(C(O)Cc2nccn2C)n(C)n1. The minimum atomic E-state index is -0.563. The van der Waals surface area contributed by atoms with Crippen molar-refractivity contribution in [2.45, 2.75) is 19.4 Å². The third-order valence-corrected chi connectivity index (χ3v) is 2.68. The zero-order valence-corrected chi connectivity index (χ0v) is 9.75. The van der Waals surface area contributed by atoms with Gasteiger partial charge in [-0.1, -0.05) is 0 Å². The number of aryl methyl sites for hydroxylation is 3. The summed E-state index contributed by atoms with van der Waals surface area (Å²) in [7, 11) is 3.76. The van der Waals surface area contributed by atoms with Crippen molar-refractivity contribution in [3.05, 3.63) is 35.7 Å². The average Bonchev–Trinajstić information content (AvgIpc) is 2.74. The van der Waals surface area contributed by atoms with Crippen molar-refractivity contribution >= 4 is 0 Å². The smallest absolute Gasteiger partial charge is 0.111 e. The fraction of sp³-hybridized carbons (Fsp3) is 0.455. The van der Waals surface area contributed by atoms with Gasteiger partial charge in [0, 0.05) is 32.9 Å². The highest BCUT2D eigenvalue weighted by atomic mass is 16.3. The third kappa shape index (κ3) is 1.99. The van der Waals surface area contributed by atoms with Crippen LogP contribution >= 0.6 is 0 Å². The molecule has 2 heterocycles. The number of imidazole rings is 1. The highest BCUT2D eigenvalue weighted by Crippen LogP contribution is 2.17. The number of hydrogen-bond acceptors (Lipinski definition) is 3. The average molecular weight is 220 g/mol. The van der Waals surface area contributed by atoms with Crippen molar-refractivity contribution in [2.24, 2.45) is 14.1 Å². The van der Waals surface area contributed by atoms with Crippen LogP contribution in [0.5, 0.6) is 0 Å². The Bertz CT molecular complexity index is 486. The zero-order chi connectivity index (χ0) is 11.7. The maximum Gasteiger partial charge on any atom is 0.111 e. The van der Waals surface area contributed by atoms with Crippen LogP contribution in [0.25, 0.3) is 0 Å². The lowest BCUT2D eigenvalue weighted by Crippen LogP contribution is -2.10. The van der Waals surface area contributed by atoms with E-state index < -0.39 is 6.10 Å². The van der Waals surface area contributed by atoms with Crippen LogP contribution in [0.3, 0.4) is 0 Å². The normalized spacial score (nSPS) is 13.0. The van der Waals surface area contributed by atoms with Crippen LogP contribution < -0.4 is 0 Å². The molecule has 0 radical (unpaired) electrons. The molecule has 2 aromatic heterocycles. The first-order valence-electron chi connectivity index (χ1n) is 5.22. The Kier molecular flexibility index (Phi) is 2.78. The van der Waals surface area contributed by atoms with E-state index in [1.165, 1.54) is 0 Å². The molecule has 0 saturated carbocycles. The van der Waals surface area contributed by atoms with E-state index >= 15 is 0 Å². The quantitative estimate of drug-likeness (QED) is 0.830. The molecule has 0 bridgehead atoms. The number of aliphatic hydroxyl groups excluding tert-OH is 1. The van der Waals surface area contributed by atoms with Gasteiger partial charge in [-0.15, -0.1) is 0 Å². The molecular weight excluding hydrogens is 204 g/mol. The Morgan fingerprint density at radius 3 is 2.69 bits per heavy atom. The molecule has 0 aliphatic carbocycles. The van der Waals surface area contributed by atoms with E-state index in [-0.39, 0.29) is 0 Å². The second-order valence-corrected chi connectivity index (χ2v) is 4.01. The Labute approximate surface area is 94.4 Å². The summed E-state index contributed by atoms with van der Waals surface area (Å²) < 4.78 is 3.62. The fourth-order valence-electron chi connectivity index (χ4n) is 1.81. The van der Waals surface area contributed by atoms with Crippen LogP contribution in [-0.4, -0.2) is 24.4 Å². The van der Waals surface area contributed by atoms with Gasteiger partial charge in [0.15, 0.2) is 0 Å². The minimum Gasteiger partial charge on any atom is -0.386 e. The molecule has 16 heavy (non-hydrogen) atoms. The lowest BCUT2D eigenvalue weighted by Gasteiger charge is -2.10. The largest absolute Gasteiger partial charge is 0.386 e. The molecule has 0 spiro atoms. The monoisotopic (exact) mass is 220 g/mol. The van der Waals surface area contributed by atoms with Gasteiger partial charge in [-0.05, 0) is 13.0 Å². The summed E-state index contributed by atoms with van der Waals surface area (Å²) in [5, 5.41) is 14.3. The molecule has 0 saturated heterocycles. The maximum absolute atomic E-state index is 10.1. The first kappa shape index (κ1) is 10.9. The van der Waals surface area contributed by atoms with Gasteiger partial charge in [-0.3, -0.25) is 4.68 Å². The van der Waals surface area contributed by atoms with Crippen molar-refractivity contribution in [1.29, 1.82) is 0 Å². The van der Waals surface area contributed by atoms with Gasteiger partial charge < -0.3 is 9.67 Å². The van der Waals surface area contributed by atoms with Gasteiger partial charge >= 0.3 is 0 Å². The number of aliphatic hydroxyl groups is 1. The molecule has 1 atom stereocenters. The molecule has 2 aromatic rings. The third-order valence-electron chi connectivity index (χ3n) is 2.68. The van der Waals surface area contributed by atoms with E-state index in [1.807, 2.05) is 37.8 Å². The van der Waals surface area contributed by atoms with Crippen molar-refractivity contribution < 1.29 is 5.11 Å². The first-order valence-corrected chi connectivity index (χ1v) is 5.22. The van der Waals surface area contributed by atoms with Crippen LogP contribution in [0, 0.1) is 6.92 Å². The van der Waals surface area contributed by atoms with E-state index in [0.29, 0.717) is 6.42 Å². The van der Waals surface area contributed by atoms with Crippen LogP contribution in [0.4, 0.5) is 0 Å². The number of aromatic nitrogens is 4. The lowest BCUT2D eigenvalue weighted by molar-refractivity contribution is 0.165. The van der Waals surface area contributed by atoms with Gasteiger partial charge in [0.1, 0.15) is 11.9 Å². The Balaban J connectivity index is 2.17. The fourth-order valence-corrected chi connectivity index (χ4v) is 1.81. The molecule has 0 aliphatic rings. The topological polar surface area (TPSA) is 55.9 Å². The standard InChI is InChI=1S/C11H16N4O/c1-8-6-9(15(3)13-8)10(16)7-11-12-4-5-14(11)2/h4-6,10,16H,7H2,1-3H3. The predicted octanol–water partition coefficient (Wildman–Crippen LogP) is 0.738. The van der Waals surface area contributed by atoms with E-state index in [9.17, 15) is 5.11 Å². The van der Waals surface area contributed by atoms with E-state index in [0.717, 1.165) is 17.2 Å². The zero-order valence-electron chi connectivity index (χ0n) is 9.75. The molecule has 0 fully saturated rings. The maximum atomic E-state index is 10.1. The lowest BCUT2D eigenvalue weighted by atomic mass is 10.1. The summed E-state index contributed by atoms with van der Waals surface area (Å²) in [6, 6.07) is 1.90. The van der Waals surface area contributed by atoms with Crippen LogP contribution in [0.2, 0.25) is 0 Å². The summed E-state index contributed by atoms with van der Waals surface area (Å²) >= 11 is 0. The summed E-state index contributed by atoms with van der Waals surface area (Å²) in [6.07, 6.45) is 3.54. The van der Waals surface area contributed by atoms with Crippen LogP contribution in [-0.2, 0) is 20.5 Å². The Morgan fingerprint density at radius 2 is 2.19 bits per heavy atom. The first-order chi connectivity index (χ1) is 7.58. The van der Waals surface area contributed by atoms with Gasteiger partial charge in [0.25, 0.3) is 0 Å². The minimum absolute atomic E-state index is 0.502. The predicted molar refractivity (Wildman–Crippen MR) is 59.8 cm³/mol. The molecule has 0 aromatic carbocycles. The number of hydrogen-bond donors (Lipinski definition) is 1. The molecule has 0 amide bonds. The van der Waals surface area contributed by atoms with E-state index in [2.05, 4.69) is 10.1 Å². The van der Waals surface area contributed by atoms with E-state index in [4.69, 9.17) is 0 Å². The van der Waals surface area contributed by atoms with Crippen molar-refractivity contribution in [2.75, 3.05) is 0 Å². The van der Waals surface area contributed by atoms with Crippen LogP contribution in [0.1, 0.15) is 23.3 Å². The molecule has 5 nitrogen and oxygen atoms in total. The molecule has 2 rings (SSSR count). The second kappa shape index (κ2) is 4.09. The van der Waals surface area contributed by atoms with Gasteiger partial charge in [0.2, 0.25) is 0 Å². The van der Waals surface area contributed by atoms with Crippen molar-refractivity contribution in [3.8, 4) is 0 Å². The molecule has 0 aliphatic heterocycles. The Morgan fingerprint density at radius 1 is 1.44 bits per heavy atom. The molecule has 1 unspecified atom stereocenters. The van der Waals surface area contributed by atoms with Crippen LogP contribution in [0.15, 0.2) is 18.5 Å². The molecule has 1 N–H and O–H groups in total. The number of nitrogens with zero attached hydrogens (tertiary/aromatic N) is 4. The second-order valence-electron chi connectivity index (χ2n) is 4.01. The van der Waals surface area contributed by atoms with Gasteiger partial charge in [-0.25, -0.2) is 4.98 Å². The summed E-state index contributed by atoms with van der Waals surface area (Å²) in [4.78, 5) is 4.19. The number of rotatable bonds is 3. The van der Waals surface area contributed by atoms with E-state index in [1.54, 1.807) is 10.9 Å². The summed E-state index contributed by atoms with van der Waals surface area (Å²) in [5.41, 5.74) is 1.73. The molecule has 5 heteroatoms. The highest BCUT2D eigenvalue weighted by molar-refractivity contribution is 5.13. The summed E-state index contributed by atoms with van der Waals surface area (Å²) in [6.45, 7) is 1.91. The van der Waals surface area contributed by atoms with Crippen molar-refractivity contribution in [1.82, 2.24) is 19.3 Å². The van der Waals surface area contributed by atoms with Gasteiger partial charge in [0.05, 0.1) is 11.4 Å². The van der Waals surface area contributed by atoms with Gasteiger partial charge in [-0.2, -0.15) is 5.10 Å². The van der Waals surface area contributed by atoms with Crippen molar-refractivity contribution in [3.63, 3.8) is 0 Å².